The van der Waals surface area contributed by atoms with Crippen LogP contribution in [0, 0.1) is 6.92 Å². The molecule has 1 amide bonds. The number of allylic oxidation sites excluding steroid dienone is 1. The van der Waals surface area contributed by atoms with Gasteiger partial charge in [-0.2, -0.15) is 0 Å². The number of nitrogens with one attached hydrogen (secondary N) is 1. The van der Waals surface area contributed by atoms with Gasteiger partial charge in [0.25, 0.3) is 0 Å². The van der Waals surface area contributed by atoms with E-state index in [0.717, 1.165) is 18.7 Å². The van der Waals surface area contributed by atoms with E-state index in [1.165, 1.54) is 12.1 Å². The summed E-state index contributed by atoms with van der Waals surface area (Å²) in [5, 5.41) is 12.1. The summed E-state index contributed by atoms with van der Waals surface area (Å²) in [6.45, 7) is 5.97. The molecule has 1 atom stereocenters. The second kappa shape index (κ2) is 11.4. The Labute approximate surface area is 228 Å². The Hall–Kier alpha value is -3.41. The molecule has 0 unspecified atom stereocenters. The first-order valence-corrected chi connectivity index (χ1v) is 12.9. The topological polar surface area (TPSA) is 81.5 Å². The number of aryl methyl sites for hydroxylation is 1. The molecular formula is C27H27ClF3N5O3. The van der Waals surface area contributed by atoms with Crippen LogP contribution in [0.25, 0.3) is 11.3 Å². The summed E-state index contributed by atoms with van der Waals surface area (Å²) in [5.41, 5.74) is 2.42. The van der Waals surface area contributed by atoms with Gasteiger partial charge in [0.05, 0.1) is 18.9 Å². The van der Waals surface area contributed by atoms with Crippen LogP contribution in [-0.2, 0) is 9.53 Å². The molecule has 39 heavy (non-hydrogen) atoms. The first-order valence-electron chi connectivity index (χ1n) is 12.5. The Kier molecular flexibility index (Phi) is 7.92. The average molecular weight is 562 g/mol. The molecule has 1 N–H and O–H groups in total. The molecule has 1 fully saturated rings. The SMILES string of the molecule is Cc1nnc2n1-c1ccc(OC(F)(F)F)cc1C(c1ccc(Cl)cc1)=C[C@H]2CC(=O)NCCN1CCOCC1. The van der Waals surface area contributed by atoms with Gasteiger partial charge in [-0.1, -0.05) is 29.8 Å². The Bertz CT molecular complexity index is 1370. The van der Waals surface area contributed by atoms with E-state index in [-0.39, 0.29) is 18.1 Å². The molecule has 0 radical (unpaired) electrons. The highest BCUT2D eigenvalue weighted by molar-refractivity contribution is 6.30. The van der Waals surface area contributed by atoms with Gasteiger partial charge in [0.1, 0.15) is 17.4 Å². The number of hydrogen-bond donors (Lipinski definition) is 1. The highest BCUT2D eigenvalue weighted by Crippen LogP contribution is 2.40. The summed E-state index contributed by atoms with van der Waals surface area (Å²) in [6.07, 6.45) is -2.91. The number of alkyl halides is 3. The van der Waals surface area contributed by atoms with Crippen molar-refractivity contribution in [3.8, 4) is 11.4 Å². The summed E-state index contributed by atoms with van der Waals surface area (Å²) in [5.74, 6) is 0.0383. The summed E-state index contributed by atoms with van der Waals surface area (Å²) < 4.78 is 50.6. The fourth-order valence-corrected chi connectivity index (χ4v) is 5.01. The summed E-state index contributed by atoms with van der Waals surface area (Å²) in [6, 6.07) is 11.1. The van der Waals surface area contributed by atoms with Crippen molar-refractivity contribution in [2.75, 3.05) is 39.4 Å². The van der Waals surface area contributed by atoms with Crippen LogP contribution < -0.4 is 10.1 Å². The Balaban J connectivity index is 1.50. The molecule has 3 heterocycles. The lowest BCUT2D eigenvalue weighted by atomic mass is 9.92. The number of carbonyl (C=O) groups is 1. The van der Waals surface area contributed by atoms with E-state index in [1.807, 2.05) is 6.08 Å². The van der Waals surface area contributed by atoms with Crippen molar-refractivity contribution < 1.29 is 27.4 Å². The zero-order valence-electron chi connectivity index (χ0n) is 21.2. The van der Waals surface area contributed by atoms with E-state index in [4.69, 9.17) is 16.3 Å². The maximum Gasteiger partial charge on any atom is 0.573 e. The normalized spacial score (nSPS) is 17.6. The summed E-state index contributed by atoms with van der Waals surface area (Å²) in [4.78, 5) is 15.3. The second-order valence-electron chi connectivity index (χ2n) is 9.37. The minimum atomic E-state index is -4.84. The van der Waals surface area contributed by atoms with Crippen molar-refractivity contribution in [3.05, 3.63) is 76.3 Å². The molecule has 1 aromatic heterocycles. The maximum atomic E-state index is 13.1. The van der Waals surface area contributed by atoms with Gasteiger partial charge < -0.3 is 14.8 Å². The number of aromatic nitrogens is 3. The molecule has 3 aromatic rings. The molecule has 0 bridgehead atoms. The lowest BCUT2D eigenvalue weighted by Crippen LogP contribution is -2.41. The number of ether oxygens (including phenoxy) is 2. The van der Waals surface area contributed by atoms with Gasteiger partial charge in [0.2, 0.25) is 5.91 Å². The minimum absolute atomic E-state index is 0.0816. The van der Waals surface area contributed by atoms with E-state index in [1.54, 1.807) is 41.8 Å². The van der Waals surface area contributed by atoms with Crippen LogP contribution in [0.5, 0.6) is 5.75 Å². The predicted molar refractivity (Wildman–Crippen MR) is 139 cm³/mol. The summed E-state index contributed by atoms with van der Waals surface area (Å²) in [7, 11) is 0. The molecule has 12 heteroatoms. The van der Waals surface area contributed by atoms with Gasteiger partial charge in [0, 0.05) is 49.1 Å². The standard InChI is InChI=1S/C27H27ClF3N5O3/c1-17-33-34-26-19(15-25(37)32-8-9-35-10-12-38-13-11-35)14-22(18-2-4-20(28)5-3-18)23-16-21(39-27(29,30)31)6-7-24(23)36(17)26/h2-7,14,16,19H,8-13,15H2,1H3,(H,32,37)/t19-/m0/s1. The molecule has 0 saturated carbocycles. The third kappa shape index (κ3) is 6.43. The molecule has 5 rings (SSSR count). The first kappa shape index (κ1) is 27.2. The van der Waals surface area contributed by atoms with Crippen LogP contribution in [-0.4, -0.2) is 71.3 Å². The van der Waals surface area contributed by atoms with Crippen LogP contribution in [0.1, 0.15) is 35.1 Å². The number of amides is 1. The smallest absolute Gasteiger partial charge is 0.406 e. The molecule has 8 nitrogen and oxygen atoms in total. The highest BCUT2D eigenvalue weighted by atomic mass is 35.5. The monoisotopic (exact) mass is 561 g/mol. The lowest BCUT2D eigenvalue weighted by Gasteiger charge is -2.26. The molecule has 2 aliphatic rings. The predicted octanol–water partition coefficient (Wildman–Crippen LogP) is 4.50. The van der Waals surface area contributed by atoms with Gasteiger partial charge in [0.15, 0.2) is 0 Å². The Morgan fingerprint density at radius 1 is 1.15 bits per heavy atom. The van der Waals surface area contributed by atoms with Gasteiger partial charge in [-0.25, -0.2) is 0 Å². The largest absolute Gasteiger partial charge is 0.573 e. The van der Waals surface area contributed by atoms with Crippen LogP contribution >= 0.6 is 11.6 Å². The van der Waals surface area contributed by atoms with Gasteiger partial charge in [-0.3, -0.25) is 14.3 Å². The zero-order valence-corrected chi connectivity index (χ0v) is 21.9. The third-order valence-electron chi connectivity index (χ3n) is 6.70. The van der Waals surface area contributed by atoms with Crippen LogP contribution in [0.15, 0.2) is 48.5 Å². The van der Waals surface area contributed by atoms with Crippen molar-refractivity contribution in [3.63, 3.8) is 0 Å². The molecule has 2 aliphatic heterocycles. The highest BCUT2D eigenvalue weighted by Gasteiger charge is 2.33. The van der Waals surface area contributed by atoms with Crippen molar-refractivity contribution in [2.45, 2.75) is 25.6 Å². The first-order chi connectivity index (χ1) is 18.7. The fraction of sp³-hybridized carbons (Fsp3) is 0.370. The number of morpholine rings is 1. The Morgan fingerprint density at radius 2 is 1.90 bits per heavy atom. The van der Waals surface area contributed by atoms with E-state index in [2.05, 4.69) is 25.2 Å². The average Bonchev–Trinajstić information content (AvgIpc) is 3.21. The number of fused-ring (bicyclic) bond motifs is 3. The van der Waals surface area contributed by atoms with Crippen LogP contribution in [0.2, 0.25) is 5.02 Å². The number of hydrogen-bond acceptors (Lipinski definition) is 6. The van der Waals surface area contributed by atoms with E-state index >= 15 is 0 Å². The molecule has 206 valence electrons. The van der Waals surface area contributed by atoms with Gasteiger partial charge >= 0.3 is 6.36 Å². The second-order valence-corrected chi connectivity index (χ2v) is 9.81. The number of carbonyl (C=O) groups excluding carboxylic acids is 1. The zero-order chi connectivity index (χ0) is 27.6. The van der Waals surface area contributed by atoms with Gasteiger partial charge in [-0.05, 0) is 48.4 Å². The van der Waals surface area contributed by atoms with Crippen molar-refractivity contribution in [1.82, 2.24) is 25.0 Å². The van der Waals surface area contributed by atoms with Crippen molar-refractivity contribution >= 4 is 23.1 Å². The van der Waals surface area contributed by atoms with E-state index in [0.29, 0.717) is 59.8 Å². The number of rotatable bonds is 7. The molecule has 2 aromatic carbocycles. The molecule has 0 spiro atoms. The number of benzene rings is 2. The van der Waals surface area contributed by atoms with Crippen molar-refractivity contribution in [1.29, 1.82) is 0 Å². The fourth-order valence-electron chi connectivity index (χ4n) is 4.89. The van der Waals surface area contributed by atoms with E-state index < -0.39 is 12.3 Å². The lowest BCUT2D eigenvalue weighted by molar-refractivity contribution is -0.274. The minimum Gasteiger partial charge on any atom is -0.406 e. The van der Waals surface area contributed by atoms with Crippen molar-refractivity contribution in [2.24, 2.45) is 0 Å². The number of nitrogens with zero attached hydrogens (tertiary/aromatic N) is 4. The van der Waals surface area contributed by atoms with E-state index in [9.17, 15) is 18.0 Å². The molecule has 0 aliphatic carbocycles. The third-order valence-corrected chi connectivity index (χ3v) is 6.95. The molecule has 1 saturated heterocycles. The maximum absolute atomic E-state index is 13.1. The molecular weight excluding hydrogens is 535 g/mol. The van der Waals surface area contributed by atoms with Gasteiger partial charge in [-0.15, -0.1) is 23.4 Å². The number of halogens is 4. The quantitative estimate of drug-likeness (QED) is 0.458. The van der Waals surface area contributed by atoms with Crippen LogP contribution in [0.3, 0.4) is 0 Å². The summed E-state index contributed by atoms with van der Waals surface area (Å²) >= 11 is 6.11. The Morgan fingerprint density at radius 3 is 2.62 bits per heavy atom. The van der Waals surface area contributed by atoms with Crippen LogP contribution in [0.4, 0.5) is 13.2 Å².